The van der Waals surface area contributed by atoms with Crippen molar-refractivity contribution in [2.24, 2.45) is 0 Å². The van der Waals surface area contributed by atoms with Gasteiger partial charge in [-0.1, -0.05) is 23.7 Å². The van der Waals surface area contributed by atoms with E-state index in [2.05, 4.69) is 4.98 Å². The molecule has 4 nitrogen and oxygen atoms in total. The van der Waals surface area contributed by atoms with Crippen LogP contribution in [0.1, 0.15) is 37.4 Å². The molecule has 1 aromatic carbocycles. The van der Waals surface area contributed by atoms with Gasteiger partial charge in [-0.3, -0.25) is 0 Å². The molecular formula is C15H19ClN2O2. The molecule has 0 bridgehead atoms. The fraction of sp³-hybridized carbons (Fsp3) is 0.400. The average Bonchev–Trinajstić information content (AvgIpc) is 2.87. The Morgan fingerprint density at radius 3 is 2.95 bits per heavy atom. The normalized spacial score (nSPS) is 14.2. The van der Waals surface area contributed by atoms with E-state index in [0.29, 0.717) is 18.2 Å². The lowest BCUT2D eigenvalue weighted by Crippen LogP contribution is -2.14. The number of benzene rings is 1. The van der Waals surface area contributed by atoms with Crippen molar-refractivity contribution in [2.75, 3.05) is 6.61 Å². The number of hydrogen-bond donors (Lipinski definition) is 1. The van der Waals surface area contributed by atoms with Gasteiger partial charge >= 0.3 is 0 Å². The van der Waals surface area contributed by atoms with Crippen LogP contribution in [0, 0.1) is 0 Å². The smallest absolute Gasteiger partial charge is 0.137 e. The zero-order chi connectivity index (χ0) is 14.5. The Balaban J connectivity index is 2.12. The molecule has 0 saturated heterocycles. The third kappa shape index (κ3) is 3.60. The van der Waals surface area contributed by atoms with Crippen LogP contribution in [0.2, 0.25) is 5.02 Å². The van der Waals surface area contributed by atoms with Gasteiger partial charge in [0, 0.05) is 24.0 Å². The number of imidazole rings is 1. The van der Waals surface area contributed by atoms with Crippen LogP contribution in [-0.4, -0.2) is 21.3 Å². The van der Waals surface area contributed by atoms with Gasteiger partial charge in [0.2, 0.25) is 0 Å². The lowest BCUT2D eigenvalue weighted by atomic mass is 10.1. The fourth-order valence-electron chi connectivity index (χ4n) is 2.16. The largest absolute Gasteiger partial charge is 0.387 e. The van der Waals surface area contributed by atoms with Crippen molar-refractivity contribution in [3.63, 3.8) is 0 Å². The van der Waals surface area contributed by atoms with Crippen molar-refractivity contribution in [2.45, 2.75) is 32.6 Å². The van der Waals surface area contributed by atoms with Crippen LogP contribution < -0.4 is 0 Å². The highest BCUT2D eigenvalue weighted by atomic mass is 35.5. The van der Waals surface area contributed by atoms with Crippen LogP contribution >= 0.6 is 11.6 Å². The van der Waals surface area contributed by atoms with Gasteiger partial charge < -0.3 is 14.4 Å². The van der Waals surface area contributed by atoms with E-state index >= 15 is 0 Å². The highest BCUT2D eigenvalue weighted by Gasteiger charge is 2.15. The second-order valence-electron chi connectivity index (χ2n) is 4.61. The molecule has 0 amide bonds. The van der Waals surface area contributed by atoms with Crippen LogP contribution in [0.4, 0.5) is 0 Å². The third-order valence-electron chi connectivity index (χ3n) is 3.13. The maximum atomic E-state index is 10.3. The molecule has 0 spiro atoms. The van der Waals surface area contributed by atoms with E-state index in [4.69, 9.17) is 16.3 Å². The first-order valence-electron chi connectivity index (χ1n) is 6.68. The van der Waals surface area contributed by atoms with Crippen molar-refractivity contribution in [3.8, 4) is 0 Å². The quantitative estimate of drug-likeness (QED) is 0.888. The minimum absolute atomic E-state index is 0.0958. The Kier molecular flexibility index (Phi) is 5.17. The molecule has 2 unspecified atom stereocenters. The number of nitrogens with zero attached hydrogens (tertiary/aromatic N) is 2. The number of halogens is 1. The van der Waals surface area contributed by atoms with Crippen molar-refractivity contribution in [1.29, 1.82) is 0 Å². The standard InChI is InChI=1S/C15H19ClN2O2/c1-3-20-11(2)15-17-7-8-18(15)10-14(19)12-5-4-6-13(16)9-12/h4-9,11,14,19H,3,10H2,1-2H3. The van der Waals surface area contributed by atoms with Crippen LogP contribution in [0.5, 0.6) is 0 Å². The van der Waals surface area contributed by atoms with Crippen molar-refractivity contribution in [1.82, 2.24) is 9.55 Å². The molecule has 1 aromatic heterocycles. The maximum absolute atomic E-state index is 10.3. The number of aromatic nitrogens is 2. The molecule has 0 aliphatic carbocycles. The molecule has 1 heterocycles. The van der Waals surface area contributed by atoms with E-state index in [1.165, 1.54) is 0 Å². The monoisotopic (exact) mass is 294 g/mol. The molecule has 0 radical (unpaired) electrons. The lowest BCUT2D eigenvalue weighted by Gasteiger charge is -2.17. The predicted octanol–water partition coefficient (Wildman–Crippen LogP) is 3.37. The predicted molar refractivity (Wildman–Crippen MR) is 78.7 cm³/mol. The zero-order valence-electron chi connectivity index (χ0n) is 11.7. The Labute approximate surface area is 124 Å². The summed E-state index contributed by atoms with van der Waals surface area (Å²) in [6, 6.07) is 7.25. The molecule has 0 aliphatic rings. The van der Waals surface area contributed by atoms with E-state index in [1.807, 2.05) is 36.7 Å². The van der Waals surface area contributed by atoms with Crippen LogP contribution in [0.15, 0.2) is 36.7 Å². The second kappa shape index (κ2) is 6.88. The number of aliphatic hydroxyl groups excluding tert-OH is 1. The number of ether oxygens (including phenoxy) is 1. The molecular weight excluding hydrogens is 276 g/mol. The summed E-state index contributed by atoms with van der Waals surface area (Å²) >= 11 is 5.94. The Hall–Kier alpha value is -1.36. The molecule has 0 fully saturated rings. The molecule has 0 saturated carbocycles. The van der Waals surface area contributed by atoms with Gasteiger partial charge in [0.1, 0.15) is 11.9 Å². The van der Waals surface area contributed by atoms with Gasteiger partial charge in [0.05, 0.1) is 12.6 Å². The summed E-state index contributed by atoms with van der Waals surface area (Å²) in [5.41, 5.74) is 0.793. The van der Waals surface area contributed by atoms with Gasteiger partial charge in [0.15, 0.2) is 0 Å². The van der Waals surface area contributed by atoms with Gasteiger partial charge in [-0.15, -0.1) is 0 Å². The Morgan fingerprint density at radius 1 is 1.45 bits per heavy atom. The molecule has 2 aromatic rings. The topological polar surface area (TPSA) is 47.3 Å². The third-order valence-corrected chi connectivity index (χ3v) is 3.37. The molecule has 1 N–H and O–H groups in total. The molecule has 5 heteroatoms. The van der Waals surface area contributed by atoms with Crippen molar-refractivity contribution in [3.05, 3.63) is 53.1 Å². The molecule has 2 rings (SSSR count). The summed E-state index contributed by atoms with van der Waals surface area (Å²) < 4.78 is 7.46. The van der Waals surface area contributed by atoms with Gasteiger partial charge in [0.25, 0.3) is 0 Å². The maximum Gasteiger partial charge on any atom is 0.137 e. The Bertz CT molecular complexity index is 556. The minimum Gasteiger partial charge on any atom is -0.387 e. The summed E-state index contributed by atoms with van der Waals surface area (Å²) in [7, 11) is 0. The fourth-order valence-corrected chi connectivity index (χ4v) is 2.36. The summed E-state index contributed by atoms with van der Waals surface area (Å²) in [6.07, 6.45) is 2.84. The lowest BCUT2D eigenvalue weighted by molar-refractivity contribution is 0.0644. The first-order chi connectivity index (χ1) is 9.61. The summed E-state index contributed by atoms with van der Waals surface area (Å²) in [5, 5.41) is 10.9. The molecule has 2 atom stereocenters. The first kappa shape index (κ1) is 15.0. The number of aliphatic hydroxyl groups is 1. The number of rotatable bonds is 6. The van der Waals surface area contributed by atoms with Gasteiger partial charge in [-0.05, 0) is 31.5 Å². The molecule has 0 aliphatic heterocycles. The van der Waals surface area contributed by atoms with E-state index in [-0.39, 0.29) is 6.10 Å². The zero-order valence-corrected chi connectivity index (χ0v) is 12.4. The molecule has 20 heavy (non-hydrogen) atoms. The van der Waals surface area contributed by atoms with Crippen LogP contribution in [-0.2, 0) is 11.3 Å². The summed E-state index contributed by atoms with van der Waals surface area (Å²) in [5.74, 6) is 0.813. The van der Waals surface area contributed by atoms with E-state index in [0.717, 1.165) is 11.4 Å². The average molecular weight is 295 g/mol. The first-order valence-corrected chi connectivity index (χ1v) is 7.05. The van der Waals surface area contributed by atoms with Crippen molar-refractivity contribution >= 4 is 11.6 Å². The van der Waals surface area contributed by atoms with Crippen molar-refractivity contribution < 1.29 is 9.84 Å². The highest BCUT2D eigenvalue weighted by Crippen LogP contribution is 2.21. The summed E-state index contributed by atoms with van der Waals surface area (Å²) in [6.45, 7) is 4.96. The van der Waals surface area contributed by atoms with Crippen LogP contribution in [0.3, 0.4) is 0 Å². The van der Waals surface area contributed by atoms with Gasteiger partial charge in [-0.25, -0.2) is 4.98 Å². The Morgan fingerprint density at radius 2 is 2.25 bits per heavy atom. The van der Waals surface area contributed by atoms with E-state index in [1.54, 1.807) is 18.3 Å². The van der Waals surface area contributed by atoms with Crippen LogP contribution in [0.25, 0.3) is 0 Å². The highest BCUT2D eigenvalue weighted by molar-refractivity contribution is 6.30. The molecule has 108 valence electrons. The van der Waals surface area contributed by atoms with Gasteiger partial charge in [-0.2, -0.15) is 0 Å². The minimum atomic E-state index is -0.629. The number of hydrogen-bond acceptors (Lipinski definition) is 3. The SMILES string of the molecule is CCOC(C)c1nccn1CC(O)c1cccc(Cl)c1. The van der Waals surface area contributed by atoms with E-state index in [9.17, 15) is 5.11 Å². The van der Waals surface area contributed by atoms with E-state index < -0.39 is 6.10 Å². The summed E-state index contributed by atoms with van der Waals surface area (Å²) in [4.78, 5) is 4.30. The second-order valence-corrected chi connectivity index (χ2v) is 5.04.